The van der Waals surface area contributed by atoms with Gasteiger partial charge in [0, 0.05) is 5.38 Å². The second-order valence-corrected chi connectivity index (χ2v) is 5.11. The number of terminal acetylenes is 1. The van der Waals surface area contributed by atoms with Crippen molar-refractivity contribution in [1.29, 1.82) is 0 Å². The third-order valence-electron chi connectivity index (χ3n) is 2.28. The molecule has 1 aromatic heterocycles. The fourth-order valence-corrected chi connectivity index (χ4v) is 1.97. The van der Waals surface area contributed by atoms with Crippen LogP contribution in [0.2, 0.25) is 0 Å². The molecule has 1 rings (SSSR count). The molecule has 0 bridgehead atoms. The standard InChI is InChI=1S/C12H17N3OS/c1-5-9(7(2)3)14-11(16)10-6-17-12(15-10)8(4)13/h1,6-9H,13H2,2-4H3,(H,14,16). The normalized spacial score (nSPS) is 14.1. The zero-order chi connectivity index (χ0) is 13.0. The van der Waals surface area contributed by atoms with Crippen molar-refractivity contribution in [1.82, 2.24) is 10.3 Å². The van der Waals surface area contributed by atoms with Crippen LogP contribution in [0.1, 0.15) is 42.3 Å². The van der Waals surface area contributed by atoms with E-state index in [1.165, 1.54) is 11.3 Å². The molecule has 0 aliphatic heterocycles. The lowest BCUT2D eigenvalue weighted by Crippen LogP contribution is -2.37. The SMILES string of the molecule is C#CC(NC(=O)c1csc(C(C)N)n1)C(C)C. The molecule has 92 valence electrons. The van der Waals surface area contributed by atoms with E-state index < -0.39 is 0 Å². The van der Waals surface area contributed by atoms with E-state index in [0.717, 1.165) is 5.01 Å². The minimum absolute atomic E-state index is 0.157. The maximum atomic E-state index is 11.9. The van der Waals surface area contributed by atoms with Gasteiger partial charge in [-0.25, -0.2) is 4.98 Å². The largest absolute Gasteiger partial charge is 0.337 e. The Balaban J connectivity index is 2.73. The Labute approximate surface area is 106 Å². The van der Waals surface area contributed by atoms with Gasteiger partial charge in [-0.1, -0.05) is 19.8 Å². The highest BCUT2D eigenvalue weighted by molar-refractivity contribution is 7.09. The number of rotatable bonds is 4. The van der Waals surface area contributed by atoms with E-state index in [0.29, 0.717) is 5.69 Å². The highest BCUT2D eigenvalue weighted by atomic mass is 32.1. The monoisotopic (exact) mass is 251 g/mol. The van der Waals surface area contributed by atoms with E-state index in [-0.39, 0.29) is 23.9 Å². The summed E-state index contributed by atoms with van der Waals surface area (Å²) in [5, 5.41) is 5.21. The number of nitrogens with zero attached hydrogens (tertiary/aromatic N) is 1. The molecule has 0 aromatic carbocycles. The van der Waals surface area contributed by atoms with Crippen molar-refractivity contribution in [3.63, 3.8) is 0 Å². The average molecular weight is 251 g/mol. The van der Waals surface area contributed by atoms with Crippen LogP contribution in [0.4, 0.5) is 0 Å². The van der Waals surface area contributed by atoms with Gasteiger partial charge in [-0.15, -0.1) is 17.8 Å². The number of nitrogens with two attached hydrogens (primary N) is 1. The Bertz CT molecular complexity index is 431. The number of hydrogen-bond acceptors (Lipinski definition) is 4. The van der Waals surface area contributed by atoms with Crippen LogP contribution in [0, 0.1) is 18.3 Å². The number of thiazole rings is 1. The lowest BCUT2D eigenvalue weighted by atomic mass is 10.1. The summed E-state index contributed by atoms with van der Waals surface area (Å²) in [6.45, 7) is 5.75. The summed E-state index contributed by atoms with van der Waals surface area (Å²) >= 11 is 1.38. The fraction of sp³-hybridized carbons (Fsp3) is 0.500. The first-order valence-electron chi connectivity index (χ1n) is 5.43. The summed E-state index contributed by atoms with van der Waals surface area (Å²) < 4.78 is 0. The van der Waals surface area contributed by atoms with Gasteiger partial charge >= 0.3 is 0 Å². The maximum absolute atomic E-state index is 11.9. The first-order chi connectivity index (χ1) is 7.95. The Kier molecular flexibility index (Phi) is 4.67. The molecular weight excluding hydrogens is 234 g/mol. The first kappa shape index (κ1) is 13.7. The lowest BCUT2D eigenvalue weighted by Gasteiger charge is -2.15. The molecule has 0 radical (unpaired) electrons. The van der Waals surface area contributed by atoms with Gasteiger partial charge in [0.1, 0.15) is 10.7 Å². The number of aromatic nitrogens is 1. The van der Waals surface area contributed by atoms with Crippen LogP contribution in [0.5, 0.6) is 0 Å². The van der Waals surface area contributed by atoms with Gasteiger partial charge in [0.25, 0.3) is 5.91 Å². The molecule has 3 N–H and O–H groups in total. The van der Waals surface area contributed by atoms with Crippen molar-refractivity contribution in [2.75, 3.05) is 0 Å². The van der Waals surface area contributed by atoms with Crippen LogP contribution < -0.4 is 11.1 Å². The highest BCUT2D eigenvalue weighted by Gasteiger charge is 2.17. The molecular formula is C12H17N3OS. The van der Waals surface area contributed by atoms with Gasteiger partial charge in [0.15, 0.2) is 0 Å². The Morgan fingerprint density at radius 3 is 2.65 bits per heavy atom. The minimum atomic E-state index is -0.275. The molecule has 0 spiro atoms. The molecule has 1 aromatic rings. The van der Waals surface area contributed by atoms with Crippen LogP contribution >= 0.6 is 11.3 Å². The van der Waals surface area contributed by atoms with Crippen molar-refractivity contribution in [2.24, 2.45) is 11.7 Å². The predicted octanol–water partition coefficient (Wildman–Crippen LogP) is 1.55. The summed E-state index contributed by atoms with van der Waals surface area (Å²) in [5.74, 6) is 2.50. The van der Waals surface area contributed by atoms with Crippen LogP contribution in [0.3, 0.4) is 0 Å². The van der Waals surface area contributed by atoms with Crippen LogP contribution in [-0.2, 0) is 0 Å². The quantitative estimate of drug-likeness (QED) is 0.798. The predicted molar refractivity (Wildman–Crippen MR) is 69.6 cm³/mol. The molecule has 0 aliphatic carbocycles. The summed E-state index contributed by atoms with van der Waals surface area (Å²) in [5.41, 5.74) is 6.06. The van der Waals surface area contributed by atoms with E-state index >= 15 is 0 Å². The zero-order valence-corrected chi connectivity index (χ0v) is 11.0. The molecule has 2 atom stereocenters. The van der Waals surface area contributed by atoms with Crippen molar-refractivity contribution < 1.29 is 4.79 Å². The smallest absolute Gasteiger partial charge is 0.271 e. The summed E-state index contributed by atoms with van der Waals surface area (Å²) in [7, 11) is 0. The Morgan fingerprint density at radius 1 is 1.59 bits per heavy atom. The van der Waals surface area contributed by atoms with Crippen LogP contribution in [0.25, 0.3) is 0 Å². The second kappa shape index (κ2) is 5.80. The topological polar surface area (TPSA) is 68.0 Å². The third-order valence-corrected chi connectivity index (χ3v) is 3.32. The van der Waals surface area contributed by atoms with Crippen molar-refractivity contribution in [2.45, 2.75) is 32.9 Å². The number of carbonyl (C=O) groups is 1. The fourth-order valence-electron chi connectivity index (χ4n) is 1.22. The molecule has 0 saturated carbocycles. The highest BCUT2D eigenvalue weighted by Crippen LogP contribution is 2.16. The molecule has 0 fully saturated rings. The first-order valence-corrected chi connectivity index (χ1v) is 6.31. The van der Waals surface area contributed by atoms with Crippen molar-refractivity contribution in [3.8, 4) is 12.3 Å². The van der Waals surface area contributed by atoms with Gasteiger partial charge in [-0.05, 0) is 12.8 Å². The third kappa shape index (κ3) is 3.55. The Morgan fingerprint density at radius 2 is 2.24 bits per heavy atom. The molecule has 17 heavy (non-hydrogen) atoms. The summed E-state index contributed by atoms with van der Waals surface area (Å²) in [6, 6.07) is -0.432. The van der Waals surface area contributed by atoms with Gasteiger partial charge in [0.2, 0.25) is 0 Å². The van der Waals surface area contributed by atoms with Gasteiger partial charge in [-0.2, -0.15) is 0 Å². The minimum Gasteiger partial charge on any atom is -0.337 e. The lowest BCUT2D eigenvalue weighted by molar-refractivity contribution is 0.0933. The van der Waals surface area contributed by atoms with Crippen molar-refractivity contribution in [3.05, 3.63) is 16.1 Å². The zero-order valence-electron chi connectivity index (χ0n) is 10.2. The summed E-state index contributed by atoms with van der Waals surface area (Å²) in [6.07, 6.45) is 5.35. The van der Waals surface area contributed by atoms with E-state index in [1.54, 1.807) is 5.38 Å². The van der Waals surface area contributed by atoms with Gasteiger partial charge < -0.3 is 11.1 Å². The Hall–Kier alpha value is -1.38. The molecule has 2 unspecified atom stereocenters. The van der Waals surface area contributed by atoms with E-state index in [9.17, 15) is 4.79 Å². The van der Waals surface area contributed by atoms with E-state index in [4.69, 9.17) is 12.2 Å². The number of carbonyl (C=O) groups excluding carboxylic acids is 1. The summed E-state index contributed by atoms with van der Waals surface area (Å²) in [4.78, 5) is 16.0. The molecule has 4 nitrogen and oxygen atoms in total. The molecule has 5 heteroatoms. The van der Waals surface area contributed by atoms with Crippen molar-refractivity contribution >= 4 is 17.2 Å². The molecule has 1 amide bonds. The number of hydrogen-bond donors (Lipinski definition) is 2. The molecule has 0 saturated heterocycles. The second-order valence-electron chi connectivity index (χ2n) is 4.22. The average Bonchev–Trinajstić information content (AvgIpc) is 2.74. The molecule has 0 aliphatic rings. The van der Waals surface area contributed by atoms with Crippen LogP contribution in [-0.4, -0.2) is 16.9 Å². The van der Waals surface area contributed by atoms with Crippen LogP contribution in [0.15, 0.2) is 5.38 Å². The maximum Gasteiger partial charge on any atom is 0.271 e. The number of amides is 1. The number of nitrogens with one attached hydrogen (secondary N) is 1. The van der Waals surface area contributed by atoms with E-state index in [2.05, 4.69) is 16.2 Å². The van der Waals surface area contributed by atoms with E-state index in [1.807, 2.05) is 20.8 Å². The van der Waals surface area contributed by atoms with Gasteiger partial charge in [0.05, 0.1) is 12.1 Å². The molecule has 1 heterocycles. The van der Waals surface area contributed by atoms with Gasteiger partial charge in [-0.3, -0.25) is 4.79 Å².